The maximum absolute atomic E-state index is 13.2. The lowest BCUT2D eigenvalue weighted by Crippen LogP contribution is -2.22. The van der Waals surface area contributed by atoms with E-state index in [9.17, 15) is 9.18 Å². The van der Waals surface area contributed by atoms with Gasteiger partial charge >= 0.3 is 0 Å². The Kier molecular flexibility index (Phi) is 2.57. The molecule has 1 aromatic heterocycles. The standard InChI is InChI=1S/C14H16FNO/c1-14(2,3)12-8-16(4)13(17)11-7-9(15)5-6-10(11)12/h5-8H,1-4H3. The van der Waals surface area contributed by atoms with Crippen molar-refractivity contribution in [2.24, 2.45) is 7.05 Å². The largest absolute Gasteiger partial charge is 0.318 e. The number of nitrogens with zero attached hydrogens (tertiary/aromatic N) is 1. The van der Waals surface area contributed by atoms with E-state index in [0.717, 1.165) is 10.9 Å². The molecule has 0 aliphatic heterocycles. The summed E-state index contributed by atoms with van der Waals surface area (Å²) in [5.74, 6) is -0.374. The van der Waals surface area contributed by atoms with Crippen LogP contribution in [0.3, 0.4) is 0 Å². The molecule has 0 atom stereocenters. The molecule has 2 rings (SSSR count). The molecule has 0 unspecified atom stereocenters. The summed E-state index contributed by atoms with van der Waals surface area (Å²) in [5, 5.41) is 1.28. The maximum Gasteiger partial charge on any atom is 0.258 e. The summed E-state index contributed by atoms with van der Waals surface area (Å²) >= 11 is 0. The van der Waals surface area contributed by atoms with Crippen LogP contribution in [0.15, 0.2) is 29.2 Å². The van der Waals surface area contributed by atoms with Gasteiger partial charge in [-0.1, -0.05) is 26.8 Å². The van der Waals surface area contributed by atoms with Crippen LogP contribution in [0.25, 0.3) is 10.8 Å². The lowest BCUT2D eigenvalue weighted by atomic mass is 9.85. The Morgan fingerprint density at radius 3 is 2.41 bits per heavy atom. The number of benzene rings is 1. The molecule has 0 amide bonds. The smallest absolute Gasteiger partial charge is 0.258 e. The minimum absolute atomic E-state index is 0.0818. The molecule has 1 aromatic carbocycles. The molecule has 0 N–H and O–H groups in total. The Morgan fingerprint density at radius 2 is 1.82 bits per heavy atom. The van der Waals surface area contributed by atoms with Crippen LogP contribution in [0.1, 0.15) is 26.3 Å². The van der Waals surface area contributed by atoms with E-state index >= 15 is 0 Å². The van der Waals surface area contributed by atoms with E-state index in [1.807, 2.05) is 6.20 Å². The molecule has 17 heavy (non-hydrogen) atoms. The number of hydrogen-bond donors (Lipinski definition) is 0. The normalized spacial score (nSPS) is 12.1. The van der Waals surface area contributed by atoms with E-state index in [1.165, 1.54) is 16.7 Å². The summed E-state index contributed by atoms with van der Waals surface area (Å²) in [5.41, 5.74) is 0.809. The van der Waals surface area contributed by atoms with E-state index < -0.39 is 0 Å². The Hall–Kier alpha value is -1.64. The van der Waals surface area contributed by atoms with Crippen LogP contribution in [-0.2, 0) is 12.5 Å². The van der Waals surface area contributed by atoms with E-state index in [-0.39, 0.29) is 16.8 Å². The fraction of sp³-hybridized carbons (Fsp3) is 0.357. The molecular formula is C14H16FNO. The van der Waals surface area contributed by atoms with E-state index in [4.69, 9.17) is 0 Å². The first-order valence-corrected chi connectivity index (χ1v) is 5.60. The highest BCUT2D eigenvalue weighted by atomic mass is 19.1. The van der Waals surface area contributed by atoms with Crippen molar-refractivity contribution in [2.45, 2.75) is 26.2 Å². The summed E-state index contributed by atoms with van der Waals surface area (Å²) in [4.78, 5) is 12.0. The summed E-state index contributed by atoms with van der Waals surface area (Å²) in [6.45, 7) is 6.24. The summed E-state index contributed by atoms with van der Waals surface area (Å²) < 4.78 is 14.7. The van der Waals surface area contributed by atoms with Gasteiger partial charge in [0.1, 0.15) is 5.82 Å². The van der Waals surface area contributed by atoms with Crippen molar-refractivity contribution in [3.63, 3.8) is 0 Å². The quantitative estimate of drug-likeness (QED) is 0.685. The van der Waals surface area contributed by atoms with Crippen molar-refractivity contribution in [3.05, 3.63) is 46.1 Å². The lowest BCUT2D eigenvalue weighted by molar-refractivity contribution is 0.586. The average molecular weight is 233 g/mol. The molecule has 0 fully saturated rings. The highest BCUT2D eigenvalue weighted by Gasteiger charge is 2.19. The van der Waals surface area contributed by atoms with Crippen molar-refractivity contribution in [3.8, 4) is 0 Å². The van der Waals surface area contributed by atoms with Gasteiger partial charge in [0.15, 0.2) is 0 Å². The molecule has 0 aliphatic rings. The molecule has 90 valence electrons. The van der Waals surface area contributed by atoms with Gasteiger partial charge in [-0.25, -0.2) is 4.39 Å². The molecule has 2 aromatic rings. The predicted molar refractivity (Wildman–Crippen MR) is 67.8 cm³/mol. The fourth-order valence-electron chi connectivity index (χ4n) is 2.04. The van der Waals surface area contributed by atoms with Gasteiger partial charge in [0, 0.05) is 13.2 Å². The zero-order valence-corrected chi connectivity index (χ0v) is 10.5. The van der Waals surface area contributed by atoms with Gasteiger partial charge in [-0.2, -0.15) is 0 Å². The van der Waals surface area contributed by atoms with E-state index in [2.05, 4.69) is 20.8 Å². The van der Waals surface area contributed by atoms with Crippen molar-refractivity contribution >= 4 is 10.8 Å². The third kappa shape index (κ3) is 1.97. The third-order valence-electron chi connectivity index (χ3n) is 2.95. The monoisotopic (exact) mass is 233 g/mol. The molecule has 0 radical (unpaired) electrons. The van der Waals surface area contributed by atoms with Crippen molar-refractivity contribution in [2.75, 3.05) is 0 Å². The first-order chi connectivity index (χ1) is 7.80. The number of rotatable bonds is 0. The van der Waals surface area contributed by atoms with Crippen LogP contribution in [0.2, 0.25) is 0 Å². The predicted octanol–water partition coefficient (Wildman–Crippen LogP) is 2.98. The first kappa shape index (κ1) is 11.8. The van der Waals surface area contributed by atoms with Crippen LogP contribution in [-0.4, -0.2) is 4.57 Å². The van der Waals surface area contributed by atoms with Crippen LogP contribution < -0.4 is 5.56 Å². The SMILES string of the molecule is Cn1cc(C(C)(C)C)c2ccc(F)cc2c1=O. The van der Waals surface area contributed by atoms with Gasteiger partial charge in [0.05, 0.1) is 5.39 Å². The Morgan fingerprint density at radius 1 is 1.18 bits per heavy atom. The van der Waals surface area contributed by atoms with Gasteiger partial charge in [-0.05, 0) is 28.5 Å². The number of hydrogen-bond acceptors (Lipinski definition) is 1. The first-order valence-electron chi connectivity index (χ1n) is 5.60. The highest BCUT2D eigenvalue weighted by Crippen LogP contribution is 2.28. The Bertz CT molecular complexity index is 635. The third-order valence-corrected chi connectivity index (χ3v) is 2.95. The Labute approximate surface area is 99.7 Å². The van der Waals surface area contributed by atoms with Crippen LogP contribution in [0.4, 0.5) is 4.39 Å². The van der Waals surface area contributed by atoms with Gasteiger partial charge < -0.3 is 4.57 Å². The average Bonchev–Trinajstić information content (AvgIpc) is 2.22. The summed E-state index contributed by atoms with van der Waals surface area (Å²) in [7, 11) is 1.70. The highest BCUT2D eigenvalue weighted by molar-refractivity contribution is 5.85. The van der Waals surface area contributed by atoms with Crippen molar-refractivity contribution < 1.29 is 4.39 Å². The molecule has 0 aliphatic carbocycles. The molecule has 0 bridgehead atoms. The second-order valence-electron chi connectivity index (χ2n) is 5.40. The van der Waals surface area contributed by atoms with Gasteiger partial charge in [0.25, 0.3) is 5.56 Å². The number of aromatic nitrogens is 1. The van der Waals surface area contributed by atoms with Gasteiger partial charge in [-0.15, -0.1) is 0 Å². The van der Waals surface area contributed by atoms with Gasteiger partial charge in [-0.3, -0.25) is 4.79 Å². The zero-order valence-electron chi connectivity index (χ0n) is 10.5. The second-order valence-corrected chi connectivity index (χ2v) is 5.40. The summed E-state index contributed by atoms with van der Waals surface area (Å²) in [6.07, 6.45) is 1.84. The van der Waals surface area contributed by atoms with E-state index in [0.29, 0.717) is 5.39 Å². The maximum atomic E-state index is 13.2. The second kappa shape index (κ2) is 3.69. The summed E-state index contributed by atoms with van der Waals surface area (Å²) in [6, 6.07) is 4.40. The van der Waals surface area contributed by atoms with Crippen LogP contribution in [0.5, 0.6) is 0 Å². The molecule has 2 nitrogen and oxygen atoms in total. The molecular weight excluding hydrogens is 217 g/mol. The van der Waals surface area contributed by atoms with Gasteiger partial charge in [0.2, 0.25) is 0 Å². The van der Waals surface area contributed by atoms with E-state index in [1.54, 1.807) is 13.1 Å². The molecule has 0 saturated heterocycles. The molecule has 0 spiro atoms. The topological polar surface area (TPSA) is 22.0 Å². The fourth-order valence-corrected chi connectivity index (χ4v) is 2.04. The number of pyridine rings is 1. The Balaban J connectivity index is 2.97. The minimum atomic E-state index is -0.374. The van der Waals surface area contributed by atoms with Crippen molar-refractivity contribution in [1.29, 1.82) is 0 Å². The molecule has 1 heterocycles. The lowest BCUT2D eigenvalue weighted by Gasteiger charge is -2.22. The minimum Gasteiger partial charge on any atom is -0.318 e. The number of fused-ring (bicyclic) bond motifs is 1. The number of aryl methyl sites for hydroxylation is 1. The molecule has 0 saturated carbocycles. The zero-order chi connectivity index (χ0) is 12.8. The van der Waals surface area contributed by atoms with Crippen LogP contribution >= 0.6 is 0 Å². The van der Waals surface area contributed by atoms with Crippen LogP contribution in [0, 0.1) is 5.82 Å². The number of halogens is 1. The van der Waals surface area contributed by atoms with Crippen molar-refractivity contribution in [1.82, 2.24) is 4.57 Å². The molecule has 3 heteroatoms.